The molecule has 1 aromatic carbocycles. The van der Waals surface area contributed by atoms with Gasteiger partial charge in [-0.05, 0) is 24.5 Å². The Morgan fingerprint density at radius 1 is 1.32 bits per heavy atom. The third-order valence-electron chi connectivity index (χ3n) is 4.14. The maximum Gasteiger partial charge on any atom is 0.235 e. The van der Waals surface area contributed by atoms with E-state index >= 15 is 0 Å². The quantitative estimate of drug-likeness (QED) is 0.840. The maximum atomic E-state index is 11.3. The van der Waals surface area contributed by atoms with E-state index in [1.807, 2.05) is 6.07 Å². The van der Waals surface area contributed by atoms with E-state index in [4.69, 9.17) is 11.6 Å². The Morgan fingerprint density at radius 2 is 2.05 bits per heavy atom. The first kappa shape index (κ1) is 17.1. The van der Waals surface area contributed by atoms with Crippen molar-refractivity contribution in [1.29, 1.82) is 0 Å². The zero-order valence-electron chi connectivity index (χ0n) is 12.3. The molecule has 22 heavy (non-hydrogen) atoms. The summed E-state index contributed by atoms with van der Waals surface area (Å²) in [6.07, 6.45) is 4.09. The minimum Gasteiger partial charge on any atom is -0.361 e. The maximum absolute atomic E-state index is 11.3. The van der Waals surface area contributed by atoms with E-state index in [9.17, 15) is 4.79 Å². The third-order valence-corrected chi connectivity index (χ3v) is 4.39. The number of benzene rings is 1. The van der Waals surface area contributed by atoms with Crippen molar-refractivity contribution in [1.82, 2.24) is 15.2 Å². The van der Waals surface area contributed by atoms with Crippen LogP contribution < -0.4 is 5.32 Å². The molecule has 3 rings (SSSR count). The summed E-state index contributed by atoms with van der Waals surface area (Å²) in [7, 11) is 0. The van der Waals surface area contributed by atoms with Gasteiger partial charge in [0.25, 0.3) is 0 Å². The lowest BCUT2D eigenvalue weighted by Gasteiger charge is -2.32. The molecular formula is C16H21Cl2N3O. The zero-order chi connectivity index (χ0) is 14.7. The highest BCUT2D eigenvalue weighted by molar-refractivity contribution is 6.27. The fourth-order valence-electron chi connectivity index (χ4n) is 3.00. The van der Waals surface area contributed by atoms with E-state index in [1.165, 1.54) is 16.5 Å². The number of aromatic amines is 1. The molecule has 1 fully saturated rings. The van der Waals surface area contributed by atoms with Crippen LogP contribution in [-0.4, -0.2) is 40.8 Å². The van der Waals surface area contributed by atoms with Crippen LogP contribution in [0, 0.1) is 0 Å². The highest BCUT2D eigenvalue weighted by Gasteiger charge is 2.21. The molecule has 0 bridgehead atoms. The van der Waals surface area contributed by atoms with E-state index in [0.29, 0.717) is 0 Å². The van der Waals surface area contributed by atoms with Crippen molar-refractivity contribution in [3.8, 4) is 0 Å². The van der Waals surface area contributed by atoms with E-state index in [1.54, 1.807) is 0 Å². The van der Waals surface area contributed by atoms with Crippen molar-refractivity contribution in [3.05, 3.63) is 36.0 Å². The molecule has 2 heterocycles. The third kappa shape index (κ3) is 3.94. The van der Waals surface area contributed by atoms with Gasteiger partial charge in [0, 0.05) is 42.8 Å². The lowest BCUT2D eigenvalue weighted by molar-refractivity contribution is -0.119. The first-order valence-corrected chi connectivity index (χ1v) is 7.92. The molecule has 1 aromatic heterocycles. The molecule has 1 saturated heterocycles. The van der Waals surface area contributed by atoms with E-state index in [0.717, 1.165) is 32.5 Å². The van der Waals surface area contributed by atoms with E-state index in [2.05, 4.69) is 39.6 Å². The summed E-state index contributed by atoms with van der Waals surface area (Å²) in [5, 5.41) is 4.27. The number of rotatable bonds is 4. The predicted molar refractivity (Wildman–Crippen MR) is 92.7 cm³/mol. The first-order chi connectivity index (χ1) is 10.3. The average molecular weight is 342 g/mol. The molecule has 0 aliphatic carbocycles. The van der Waals surface area contributed by atoms with Gasteiger partial charge < -0.3 is 10.3 Å². The Balaban J connectivity index is 0.00000176. The topological polar surface area (TPSA) is 48.1 Å². The minimum absolute atomic E-state index is 0. The summed E-state index contributed by atoms with van der Waals surface area (Å²) < 4.78 is 0. The number of nitrogens with one attached hydrogen (secondary N) is 2. The van der Waals surface area contributed by atoms with Crippen LogP contribution in [0.1, 0.15) is 18.4 Å². The van der Waals surface area contributed by atoms with Gasteiger partial charge in [0.15, 0.2) is 0 Å². The Kier molecular flexibility index (Phi) is 6.12. The number of carbonyl (C=O) groups excluding carboxylic acids is 1. The molecule has 2 aromatic rings. The van der Waals surface area contributed by atoms with Gasteiger partial charge in [-0.25, -0.2) is 0 Å². The van der Waals surface area contributed by atoms with Gasteiger partial charge in [-0.15, -0.1) is 24.0 Å². The number of piperidine rings is 1. The van der Waals surface area contributed by atoms with Crippen molar-refractivity contribution in [2.75, 3.05) is 19.0 Å². The van der Waals surface area contributed by atoms with Gasteiger partial charge in [0.05, 0.1) is 0 Å². The van der Waals surface area contributed by atoms with E-state index in [-0.39, 0.29) is 30.2 Å². The molecule has 0 atom stereocenters. The van der Waals surface area contributed by atoms with Crippen LogP contribution in [0.3, 0.4) is 0 Å². The number of aromatic nitrogens is 1. The Hall–Kier alpha value is -1.23. The smallest absolute Gasteiger partial charge is 0.235 e. The SMILES string of the molecule is Cl.O=C(CCl)NC1CCN(Cc2c[nH]c3ccccc23)CC1. The molecule has 0 spiro atoms. The van der Waals surface area contributed by atoms with Crippen LogP contribution in [0.2, 0.25) is 0 Å². The molecule has 1 aliphatic heterocycles. The van der Waals surface area contributed by atoms with Crippen LogP contribution in [0.4, 0.5) is 0 Å². The lowest BCUT2D eigenvalue weighted by atomic mass is 10.0. The van der Waals surface area contributed by atoms with Gasteiger partial charge in [0.1, 0.15) is 5.88 Å². The number of carbonyl (C=O) groups is 1. The molecule has 0 unspecified atom stereocenters. The number of hydrogen-bond donors (Lipinski definition) is 2. The fraction of sp³-hybridized carbons (Fsp3) is 0.438. The first-order valence-electron chi connectivity index (χ1n) is 7.39. The number of fused-ring (bicyclic) bond motifs is 1. The van der Waals surface area contributed by atoms with Crippen LogP contribution in [-0.2, 0) is 11.3 Å². The van der Waals surface area contributed by atoms with Crippen molar-refractivity contribution in [2.45, 2.75) is 25.4 Å². The highest BCUT2D eigenvalue weighted by Crippen LogP contribution is 2.21. The highest BCUT2D eigenvalue weighted by atomic mass is 35.5. The molecule has 2 N–H and O–H groups in total. The predicted octanol–water partition coefficient (Wildman–Crippen LogP) is 2.91. The van der Waals surface area contributed by atoms with Gasteiger partial charge in [-0.2, -0.15) is 0 Å². The molecule has 6 heteroatoms. The van der Waals surface area contributed by atoms with Crippen LogP contribution in [0.15, 0.2) is 30.5 Å². The number of halogens is 2. The van der Waals surface area contributed by atoms with Gasteiger partial charge >= 0.3 is 0 Å². The number of hydrogen-bond acceptors (Lipinski definition) is 2. The largest absolute Gasteiger partial charge is 0.361 e. The number of likely N-dealkylation sites (tertiary alicyclic amines) is 1. The molecule has 0 saturated carbocycles. The summed E-state index contributed by atoms with van der Waals surface area (Å²) in [6, 6.07) is 8.67. The standard InChI is InChI=1S/C16H20ClN3O.ClH/c17-9-16(21)19-13-5-7-20(8-6-13)11-12-10-18-15-4-2-1-3-14(12)15;/h1-4,10,13,18H,5-9,11H2,(H,19,21);1H. The monoisotopic (exact) mass is 341 g/mol. The van der Waals surface area contributed by atoms with Crippen LogP contribution >= 0.6 is 24.0 Å². The fourth-order valence-corrected chi connectivity index (χ4v) is 3.08. The van der Waals surface area contributed by atoms with Gasteiger partial charge in [0.2, 0.25) is 5.91 Å². The molecule has 1 amide bonds. The second-order valence-electron chi connectivity index (χ2n) is 5.61. The molecular weight excluding hydrogens is 321 g/mol. The van der Waals surface area contributed by atoms with Crippen molar-refractivity contribution >= 4 is 40.8 Å². The molecule has 120 valence electrons. The Labute approximate surface area is 141 Å². The lowest BCUT2D eigenvalue weighted by Crippen LogP contribution is -2.44. The molecule has 0 radical (unpaired) electrons. The normalized spacial score (nSPS) is 16.4. The summed E-state index contributed by atoms with van der Waals surface area (Å²) in [4.78, 5) is 17.1. The van der Waals surface area contributed by atoms with Gasteiger partial charge in [-0.1, -0.05) is 18.2 Å². The summed E-state index contributed by atoms with van der Waals surface area (Å²) in [5.74, 6) is -0.0121. The second-order valence-corrected chi connectivity index (χ2v) is 5.88. The average Bonchev–Trinajstić information content (AvgIpc) is 2.92. The number of alkyl halides is 1. The second kappa shape index (κ2) is 7.86. The minimum atomic E-state index is -0.0632. The number of nitrogens with zero attached hydrogens (tertiary/aromatic N) is 1. The summed E-state index contributed by atoms with van der Waals surface area (Å²) in [5.41, 5.74) is 2.53. The van der Waals surface area contributed by atoms with E-state index < -0.39 is 0 Å². The van der Waals surface area contributed by atoms with Crippen LogP contribution in [0.25, 0.3) is 10.9 Å². The summed E-state index contributed by atoms with van der Waals surface area (Å²) >= 11 is 5.52. The van der Waals surface area contributed by atoms with Gasteiger partial charge in [-0.3, -0.25) is 9.69 Å². The van der Waals surface area contributed by atoms with Crippen molar-refractivity contribution < 1.29 is 4.79 Å². The number of para-hydroxylation sites is 1. The van der Waals surface area contributed by atoms with Crippen molar-refractivity contribution in [3.63, 3.8) is 0 Å². The molecule has 4 nitrogen and oxygen atoms in total. The summed E-state index contributed by atoms with van der Waals surface area (Å²) in [6.45, 7) is 2.97. The number of H-pyrrole nitrogens is 1. The zero-order valence-corrected chi connectivity index (χ0v) is 13.9. The van der Waals surface area contributed by atoms with Crippen molar-refractivity contribution in [2.24, 2.45) is 0 Å². The molecule has 1 aliphatic rings. The Morgan fingerprint density at radius 3 is 2.77 bits per heavy atom. The van der Waals surface area contributed by atoms with Crippen LogP contribution in [0.5, 0.6) is 0 Å². The Bertz CT molecular complexity index is 621. The number of amides is 1.